The van der Waals surface area contributed by atoms with Crippen molar-refractivity contribution in [3.8, 4) is 0 Å². The van der Waals surface area contributed by atoms with Gasteiger partial charge in [-0.2, -0.15) is 0 Å². The molecule has 18 heavy (non-hydrogen) atoms. The second-order valence-electron chi connectivity index (χ2n) is 6.13. The Bertz CT molecular complexity index is 358. The number of carbonyl (C=O) groups is 2. The summed E-state index contributed by atoms with van der Waals surface area (Å²) < 4.78 is 0. The van der Waals surface area contributed by atoms with E-state index in [9.17, 15) is 14.7 Å². The summed E-state index contributed by atoms with van der Waals surface area (Å²) in [5.74, 6) is -2.01. The summed E-state index contributed by atoms with van der Waals surface area (Å²) in [5, 5.41) is 21.4. The van der Waals surface area contributed by atoms with Crippen LogP contribution in [-0.4, -0.2) is 34.2 Å². The van der Waals surface area contributed by atoms with Crippen molar-refractivity contribution in [1.82, 2.24) is 5.32 Å². The Morgan fingerprint density at radius 2 is 1.67 bits per heavy atom. The number of hydrogen-bond acceptors (Lipinski definition) is 3. The Labute approximate surface area is 107 Å². The van der Waals surface area contributed by atoms with E-state index in [0.29, 0.717) is 12.8 Å². The normalized spacial score (nSPS) is 37.9. The summed E-state index contributed by atoms with van der Waals surface area (Å²) in [5.41, 5.74) is -0.440. The van der Waals surface area contributed by atoms with Crippen LogP contribution in [0.2, 0.25) is 0 Å². The molecule has 0 aromatic heterocycles. The largest absolute Gasteiger partial charge is 0.481 e. The molecule has 2 fully saturated rings. The lowest BCUT2D eigenvalue weighted by atomic mass is 9.93. The number of carboxylic acids is 1. The first kappa shape index (κ1) is 13.3. The van der Waals surface area contributed by atoms with Crippen molar-refractivity contribution in [2.75, 3.05) is 0 Å². The first-order valence-electron chi connectivity index (χ1n) is 6.55. The van der Waals surface area contributed by atoms with Crippen LogP contribution in [0.4, 0.5) is 0 Å². The van der Waals surface area contributed by atoms with Gasteiger partial charge in [0.2, 0.25) is 5.91 Å². The number of carboxylic acid groups (broad SMARTS) is 1. The van der Waals surface area contributed by atoms with Gasteiger partial charge in [-0.25, -0.2) is 0 Å². The number of aliphatic hydroxyl groups is 1. The van der Waals surface area contributed by atoms with Gasteiger partial charge in [-0.3, -0.25) is 9.59 Å². The maximum Gasteiger partial charge on any atom is 0.307 e. The lowest BCUT2D eigenvalue weighted by Gasteiger charge is -2.26. The van der Waals surface area contributed by atoms with E-state index in [1.807, 2.05) is 13.8 Å². The van der Waals surface area contributed by atoms with Crippen molar-refractivity contribution in [3.05, 3.63) is 0 Å². The molecule has 0 radical (unpaired) electrons. The smallest absolute Gasteiger partial charge is 0.307 e. The van der Waals surface area contributed by atoms with Gasteiger partial charge in [-0.1, -0.05) is 13.8 Å². The highest BCUT2D eigenvalue weighted by atomic mass is 16.4. The molecule has 2 aliphatic carbocycles. The Balaban J connectivity index is 1.88. The van der Waals surface area contributed by atoms with Crippen molar-refractivity contribution in [2.24, 2.45) is 17.3 Å². The van der Waals surface area contributed by atoms with Gasteiger partial charge in [0, 0.05) is 6.04 Å². The molecule has 0 aromatic carbocycles. The molecule has 5 heteroatoms. The van der Waals surface area contributed by atoms with Crippen LogP contribution >= 0.6 is 0 Å². The zero-order valence-corrected chi connectivity index (χ0v) is 10.8. The monoisotopic (exact) mass is 255 g/mol. The third-order valence-corrected chi connectivity index (χ3v) is 4.42. The van der Waals surface area contributed by atoms with E-state index in [1.54, 1.807) is 0 Å². The molecule has 3 N–H and O–H groups in total. The number of rotatable bonds is 3. The van der Waals surface area contributed by atoms with Crippen LogP contribution in [0.5, 0.6) is 0 Å². The van der Waals surface area contributed by atoms with Crippen LogP contribution in [0.3, 0.4) is 0 Å². The Morgan fingerprint density at radius 1 is 1.11 bits per heavy atom. The maximum atomic E-state index is 12.0. The van der Waals surface area contributed by atoms with E-state index in [1.165, 1.54) is 0 Å². The van der Waals surface area contributed by atoms with Crippen LogP contribution in [0.15, 0.2) is 0 Å². The van der Waals surface area contributed by atoms with Crippen molar-refractivity contribution in [1.29, 1.82) is 0 Å². The third-order valence-electron chi connectivity index (χ3n) is 4.42. The molecule has 0 bridgehead atoms. The number of aliphatic hydroxyl groups excluding tert-OH is 1. The van der Waals surface area contributed by atoms with Crippen LogP contribution in [-0.2, 0) is 9.59 Å². The minimum atomic E-state index is -0.890. The highest BCUT2D eigenvalue weighted by molar-refractivity contribution is 5.91. The molecule has 1 amide bonds. The Morgan fingerprint density at radius 3 is 2.11 bits per heavy atom. The zero-order valence-electron chi connectivity index (χ0n) is 10.8. The molecule has 2 atom stereocenters. The first-order valence-corrected chi connectivity index (χ1v) is 6.55. The molecule has 5 nitrogen and oxygen atoms in total. The van der Waals surface area contributed by atoms with Crippen molar-refractivity contribution in [2.45, 2.75) is 51.7 Å². The van der Waals surface area contributed by atoms with Gasteiger partial charge in [0.25, 0.3) is 0 Å². The van der Waals surface area contributed by atoms with Crippen molar-refractivity contribution in [3.63, 3.8) is 0 Å². The third kappa shape index (κ3) is 2.36. The first-order chi connectivity index (χ1) is 8.34. The minimum absolute atomic E-state index is 0.0896. The fourth-order valence-corrected chi connectivity index (χ4v) is 3.10. The van der Waals surface area contributed by atoms with Gasteiger partial charge in [-0.15, -0.1) is 0 Å². The lowest BCUT2D eigenvalue weighted by molar-refractivity contribution is -0.140. The predicted octanol–water partition coefficient (Wildman–Crippen LogP) is 0.763. The second kappa shape index (κ2) is 4.53. The molecule has 2 unspecified atom stereocenters. The summed E-state index contributed by atoms with van der Waals surface area (Å²) in [6.07, 6.45) is 2.72. The van der Waals surface area contributed by atoms with Crippen LogP contribution in [0.1, 0.15) is 39.5 Å². The summed E-state index contributed by atoms with van der Waals surface area (Å²) in [7, 11) is 0. The molecular formula is C13H21NO4. The molecule has 2 saturated carbocycles. The molecule has 2 aliphatic rings. The van der Waals surface area contributed by atoms with Gasteiger partial charge < -0.3 is 15.5 Å². The van der Waals surface area contributed by atoms with Crippen LogP contribution in [0, 0.1) is 17.3 Å². The van der Waals surface area contributed by atoms with E-state index >= 15 is 0 Å². The number of aliphatic carboxylic acids is 1. The molecule has 2 rings (SSSR count). The van der Waals surface area contributed by atoms with E-state index in [2.05, 4.69) is 5.32 Å². The van der Waals surface area contributed by atoms with Gasteiger partial charge >= 0.3 is 5.97 Å². The summed E-state index contributed by atoms with van der Waals surface area (Å²) in [6, 6.07) is 0.0896. The maximum absolute atomic E-state index is 12.0. The lowest BCUT2D eigenvalue weighted by Crippen LogP contribution is -2.40. The summed E-state index contributed by atoms with van der Waals surface area (Å²) in [4.78, 5) is 23.1. The van der Waals surface area contributed by atoms with Crippen molar-refractivity contribution < 1.29 is 19.8 Å². The molecular weight excluding hydrogens is 234 g/mol. The number of nitrogens with one attached hydrogen (secondary N) is 1. The van der Waals surface area contributed by atoms with E-state index < -0.39 is 23.2 Å². The fourth-order valence-electron chi connectivity index (χ4n) is 3.10. The van der Waals surface area contributed by atoms with E-state index in [4.69, 9.17) is 5.11 Å². The highest BCUT2D eigenvalue weighted by Crippen LogP contribution is 2.58. The SMILES string of the molecule is CC1(C)C(C(=O)O)C1C(=O)NC1CCC(O)CC1. The zero-order chi connectivity index (χ0) is 13.5. The topological polar surface area (TPSA) is 86.6 Å². The van der Waals surface area contributed by atoms with Crippen LogP contribution < -0.4 is 5.32 Å². The molecule has 0 heterocycles. The number of amides is 1. The summed E-state index contributed by atoms with van der Waals surface area (Å²) >= 11 is 0. The Kier molecular flexibility index (Phi) is 3.36. The van der Waals surface area contributed by atoms with E-state index in [-0.39, 0.29) is 18.1 Å². The Hall–Kier alpha value is -1.10. The molecule has 0 aromatic rings. The van der Waals surface area contributed by atoms with Crippen molar-refractivity contribution >= 4 is 11.9 Å². The molecule has 0 aliphatic heterocycles. The number of hydrogen-bond donors (Lipinski definition) is 3. The second-order valence-corrected chi connectivity index (χ2v) is 6.13. The quantitative estimate of drug-likeness (QED) is 0.695. The summed E-state index contributed by atoms with van der Waals surface area (Å²) in [6.45, 7) is 3.64. The average Bonchev–Trinajstić information content (AvgIpc) is 2.85. The van der Waals surface area contributed by atoms with E-state index in [0.717, 1.165) is 12.8 Å². The molecule has 0 spiro atoms. The average molecular weight is 255 g/mol. The molecule has 102 valence electrons. The standard InChI is InChI=1S/C13H21NO4/c1-13(2)9(10(13)12(17)18)11(16)14-7-3-5-8(15)6-4-7/h7-10,15H,3-6H2,1-2H3,(H,14,16)(H,17,18). The number of carbonyl (C=O) groups excluding carboxylic acids is 1. The minimum Gasteiger partial charge on any atom is -0.481 e. The van der Waals surface area contributed by atoms with Gasteiger partial charge in [0.05, 0.1) is 17.9 Å². The predicted molar refractivity (Wildman–Crippen MR) is 64.8 cm³/mol. The van der Waals surface area contributed by atoms with Gasteiger partial charge in [0.15, 0.2) is 0 Å². The fraction of sp³-hybridized carbons (Fsp3) is 0.846. The van der Waals surface area contributed by atoms with Gasteiger partial charge in [-0.05, 0) is 31.1 Å². The van der Waals surface area contributed by atoms with Gasteiger partial charge in [0.1, 0.15) is 0 Å². The van der Waals surface area contributed by atoms with Crippen LogP contribution in [0.25, 0.3) is 0 Å². The highest BCUT2D eigenvalue weighted by Gasteiger charge is 2.65. The molecule has 0 saturated heterocycles.